The van der Waals surface area contributed by atoms with Gasteiger partial charge in [0.2, 0.25) is 0 Å². The second kappa shape index (κ2) is 2.65. The molecule has 0 aliphatic heterocycles. The summed E-state index contributed by atoms with van der Waals surface area (Å²) < 4.78 is 29.3. The van der Waals surface area contributed by atoms with E-state index in [4.69, 9.17) is 10.7 Å². The number of benzene rings is 1. The highest BCUT2D eigenvalue weighted by Crippen LogP contribution is 2.13. The zero-order valence-electron chi connectivity index (χ0n) is 8.33. The zero-order valence-corrected chi connectivity index (χ0v) is 5.91. The van der Waals surface area contributed by atoms with Crippen LogP contribution in [0, 0.1) is 11.3 Å². The fraction of sp³-hybridized carbons (Fsp3) is 0. The Balaban J connectivity index is 3.69. The van der Waals surface area contributed by atoms with Crippen molar-refractivity contribution in [1.29, 1.82) is 5.26 Å². The molecule has 44 valence electrons. The molecular formula is C7H4BrN. The fourth-order valence-corrected chi connectivity index (χ4v) is 0.661. The molecule has 0 heterocycles. The van der Waals surface area contributed by atoms with E-state index in [0.29, 0.717) is 0 Å². The molecule has 2 heteroatoms. The van der Waals surface area contributed by atoms with Gasteiger partial charge in [0.25, 0.3) is 0 Å². The second-order valence-corrected chi connectivity index (χ2v) is 2.09. The molecule has 0 N–H and O–H groups in total. The maximum absolute atomic E-state index is 8.61. The molecule has 0 spiro atoms. The minimum Gasteiger partial charge on any atom is -0.192 e. The molecule has 0 aromatic heterocycles. The van der Waals surface area contributed by atoms with Crippen LogP contribution in [0.1, 0.15) is 11.0 Å². The molecule has 0 bridgehead atoms. The molecule has 1 aromatic carbocycles. The third-order valence-corrected chi connectivity index (χ3v) is 1.35. The van der Waals surface area contributed by atoms with Crippen molar-refractivity contribution in [2.75, 3.05) is 0 Å². The van der Waals surface area contributed by atoms with E-state index in [0.717, 1.165) is 0 Å². The summed E-state index contributed by atoms with van der Waals surface area (Å²) in [6.07, 6.45) is 0. The van der Waals surface area contributed by atoms with Gasteiger partial charge in [-0.2, -0.15) is 5.26 Å². The number of rotatable bonds is 0. The van der Waals surface area contributed by atoms with E-state index in [-0.39, 0.29) is 34.2 Å². The standard InChI is InChI=1S/C7H4BrN/c8-7-4-2-1-3-6(7)5-9/h1-4H/i1D,2D,3D,4D. The van der Waals surface area contributed by atoms with Gasteiger partial charge >= 0.3 is 0 Å². The van der Waals surface area contributed by atoms with Gasteiger partial charge in [0.1, 0.15) is 6.07 Å². The first-order valence-electron chi connectivity index (χ1n) is 4.16. The highest BCUT2D eigenvalue weighted by molar-refractivity contribution is 9.10. The van der Waals surface area contributed by atoms with Gasteiger partial charge in [0, 0.05) is 4.47 Å². The van der Waals surface area contributed by atoms with Gasteiger partial charge in [0.05, 0.1) is 11.0 Å². The Morgan fingerprint density at radius 3 is 2.89 bits per heavy atom. The Morgan fingerprint density at radius 2 is 2.22 bits per heavy atom. The van der Waals surface area contributed by atoms with Crippen LogP contribution in [0.15, 0.2) is 28.6 Å². The van der Waals surface area contributed by atoms with E-state index in [1.807, 2.05) is 0 Å². The first-order chi connectivity index (χ1) is 6.00. The van der Waals surface area contributed by atoms with Gasteiger partial charge in [-0.25, -0.2) is 0 Å². The highest BCUT2D eigenvalue weighted by Gasteiger charge is 1.92. The van der Waals surface area contributed by atoms with Crippen LogP contribution >= 0.6 is 15.9 Å². The molecule has 0 unspecified atom stereocenters. The van der Waals surface area contributed by atoms with Gasteiger partial charge in [-0.15, -0.1) is 0 Å². The Kier molecular flexibility index (Phi) is 0.840. The lowest BCUT2D eigenvalue weighted by atomic mass is 10.2. The predicted molar refractivity (Wildman–Crippen MR) is 38.9 cm³/mol. The van der Waals surface area contributed by atoms with Crippen molar-refractivity contribution in [3.8, 4) is 6.07 Å². The minimum atomic E-state index is -0.384. The average Bonchev–Trinajstić information content (AvgIpc) is 2.13. The number of halogens is 1. The number of hydrogen-bond acceptors (Lipinski definition) is 1. The van der Waals surface area contributed by atoms with Crippen LogP contribution in [0.5, 0.6) is 0 Å². The summed E-state index contributed by atoms with van der Waals surface area (Å²) >= 11 is 2.94. The minimum absolute atomic E-state index is 0.0639. The van der Waals surface area contributed by atoms with Crippen molar-refractivity contribution >= 4 is 15.9 Å². The molecule has 0 aliphatic rings. The van der Waals surface area contributed by atoms with Crippen molar-refractivity contribution in [1.82, 2.24) is 0 Å². The Morgan fingerprint density at radius 1 is 1.56 bits per heavy atom. The van der Waals surface area contributed by atoms with E-state index >= 15 is 0 Å². The lowest BCUT2D eigenvalue weighted by molar-refractivity contribution is 1.47. The molecule has 1 rings (SSSR count). The quantitative estimate of drug-likeness (QED) is 0.609. The second-order valence-electron chi connectivity index (χ2n) is 1.30. The largest absolute Gasteiger partial charge is 0.192 e. The summed E-state index contributed by atoms with van der Waals surface area (Å²) in [7, 11) is 0. The van der Waals surface area contributed by atoms with Crippen LogP contribution in [-0.2, 0) is 0 Å². The SMILES string of the molecule is [2H]c1c([2H])c([2H])c(C#N)c(Br)c1[2H]. The topological polar surface area (TPSA) is 23.8 Å². The van der Waals surface area contributed by atoms with Crippen molar-refractivity contribution in [3.05, 3.63) is 34.2 Å². The summed E-state index contributed by atoms with van der Waals surface area (Å²) in [4.78, 5) is 0. The molecule has 0 fully saturated rings. The summed E-state index contributed by atoms with van der Waals surface area (Å²) in [5.41, 5.74) is -0.0639. The molecule has 1 nitrogen and oxygen atoms in total. The number of nitriles is 1. The van der Waals surface area contributed by atoms with Crippen molar-refractivity contribution < 1.29 is 5.48 Å². The van der Waals surface area contributed by atoms with Gasteiger partial charge in [0.15, 0.2) is 0 Å². The van der Waals surface area contributed by atoms with E-state index < -0.39 is 0 Å². The van der Waals surface area contributed by atoms with E-state index in [1.54, 1.807) is 6.07 Å². The lowest BCUT2D eigenvalue weighted by Crippen LogP contribution is -1.72. The van der Waals surface area contributed by atoms with E-state index in [2.05, 4.69) is 15.9 Å². The molecule has 1 aromatic rings. The van der Waals surface area contributed by atoms with Gasteiger partial charge in [-0.05, 0) is 28.0 Å². The molecule has 0 saturated carbocycles. The highest BCUT2D eigenvalue weighted by atomic mass is 79.9. The van der Waals surface area contributed by atoms with Crippen LogP contribution < -0.4 is 0 Å². The van der Waals surface area contributed by atoms with E-state index in [1.165, 1.54) is 0 Å². The molecule has 0 saturated heterocycles. The zero-order chi connectivity index (χ0) is 10.2. The normalized spacial score (nSPS) is 14.7. The monoisotopic (exact) mass is 185 g/mol. The van der Waals surface area contributed by atoms with Crippen molar-refractivity contribution in [3.63, 3.8) is 0 Å². The fourth-order valence-electron chi connectivity index (χ4n) is 0.374. The maximum atomic E-state index is 8.61. The molecular weight excluding hydrogens is 178 g/mol. The summed E-state index contributed by atoms with van der Waals surface area (Å²) in [5.74, 6) is 0. The van der Waals surface area contributed by atoms with E-state index in [9.17, 15) is 0 Å². The van der Waals surface area contributed by atoms with Gasteiger partial charge < -0.3 is 0 Å². The lowest BCUT2D eigenvalue weighted by Gasteiger charge is -1.88. The van der Waals surface area contributed by atoms with Crippen LogP contribution in [0.4, 0.5) is 0 Å². The smallest absolute Gasteiger partial charge is 0.100 e. The van der Waals surface area contributed by atoms with Gasteiger partial charge in [-0.1, -0.05) is 12.1 Å². The van der Waals surface area contributed by atoms with Crippen LogP contribution in [0.3, 0.4) is 0 Å². The first-order valence-corrected chi connectivity index (χ1v) is 2.96. The van der Waals surface area contributed by atoms with Crippen LogP contribution in [0.2, 0.25) is 0 Å². The maximum Gasteiger partial charge on any atom is 0.100 e. The van der Waals surface area contributed by atoms with Crippen molar-refractivity contribution in [2.45, 2.75) is 0 Å². The molecule has 0 atom stereocenters. The molecule has 9 heavy (non-hydrogen) atoms. The Labute approximate surface area is 67.7 Å². The van der Waals surface area contributed by atoms with Crippen LogP contribution in [-0.4, -0.2) is 0 Å². The number of nitrogens with zero attached hydrogens (tertiary/aromatic N) is 1. The Bertz CT molecular complexity index is 381. The predicted octanol–water partition coefficient (Wildman–Crippen LogP) is 2.32. The Hall–Kier alpha value is -0.810. The number of hydrogen-bond donors (Lipinski definition) is 0. The van der Waals surface area contributed by atoms with Crippen LogP contribution in [0.25, 0.3) is 0 Å². The summed E-state index contributed by atoms with van der Waals surface area (Å²) in [5, 5.41) is 8.61. The molecule has 0 aliphatic carbocycles. The van der Waals surface area contributed by atoms with Gasteiger partial charge in [-0.3, -0.25) is 0 Å². The molecule has 0 radical (unpaired) electrons. The summed E-state index contributed by atoms with van der Waals surface area (Å²) in [6, 6.07) is 0.459. The van der Waals surface area contributed by atoms with Crippen molar-refractivity contribution in [2.24, 2.45) is 0 Å². The first kappa shape index (κ1) is 2.85. The molecule has 0 amide bonds. The summed E-state index contributed by atoms with van der Waals surface area (Å²) in [6.45, 7) is 0. The third-order valence-electron chi connectivity index (χ3n) is 0.754. The average molecular weight is 186 g/mol. The third kappa shape index (κ3) is 1.30.